The Morgan fingerprint density at radius 1 is 1.56 bits per heavy atom. The molecule has 0 saturated heterocycles. The summed E-state index contributed by atoms with van der Waals surface area (Å²) >= 11 is 1.27. The van der Waals surface area contributed by atoms with E-state index < -0.39 is 10.0 Å². The van der Waals surface area contributed by atoms with Crippen molar-refractivity contribution < 1.29 is 13.5 Å². The molecule has 0 amide bonds. The minimum Gasteiger partial charge on any atom is -0.391 e. The van der Waals surface area contributed by atoms with Crippen LogP contribution in [-0.2, 0) is 16.6 Å². The first kappa shape index (κ1) is 15.4. The van der Waals surface area contributed by atoms with Crippen LogP contribution in [0.5, 0.6) is 0 Å². The summed E-state index contributed by atoms with van der Waals surface area (Å²) in [5.41, 5.74) is 0.679. The number of thiophene rings is 1. The predicted octanol–water partition coefficient (Wildman–Crippen LogP) is 2.13. The van der Waals surface area contributed by atoms with Gasteiger partial charge in [0, 0.05) is 12.6 Å². The molecule has 18 heavy (non-hydrogen) atoms. The maximum atomic E-state index is 12.6. The Bertz CT molecular complexity index is 517. The molecule has 102 valence electrons. The molecule has 1 heterocycles. The third-order valence-electron chi connectivity index (χ3n) is 2.58. The Kier molecular flexibility index (Phi) is 5.10. The van der Waals surface area contributed by atoms with E-state index in [1.807, 2.05) is 13.8 Å². The van der Waals surface area contributed by atoms with Gasteiger partial charge < -0.3 is 5.11 Å². The van der Waals surface area contributed by atoms with E-state index in [2.05, 4.69) is 6.58 Å². The minimum atomic E-state index is -3.58. The van der Waals surface area contributed by atoms with Crippen LogP contribution >= 0.6 is 11.3 Å². The van der Waals surface area contributed by atoms with Gasteiger partial charge in [-0.1, -0.05) is 6.08 Å². The maximum absolute atomic E-state index is 12.6. The minimum absolute atomic E-state index is 0.154. The summed E-state index contributed by atoms with van der Waals surface area (Å²) < 4.78 is 26.6. The number of aliphatic hydroxyl groups excluding tert-OH is 1. The lowest BCUT2D eigenvalue weighted by molar-refractivity contribution is 0.281. The van der Waals surface area contributed by atoms with Gasteiger partial charge in [0.15, 0.2) is 0 Å². The standard InChI is InChI=1S/C12H19NO3S2/c1-5-6-13(9(2)3)18(15,16)12-10(4)8-17-11(12)7-14/h5,8-9,14H,1,6-7H2,2-4H3. The van der Waals surface area contributed by atoms with Gasteiger partial charge in [-0.15, -0.1) is 17.9 Å². The fraction of sp³-hybridized carbons (Fsp3) is 0.500. The highest BCUT2D eigenvalue weighted by Gasteiger charge is 2.30. The van der Waals surface area contributed by atoms with Crippen molar-refractivity contribution in [2.24, 2.45) is 0 Å². The molecule has 0 aliphatic carbocycles. The first-order valence-electron chi connectivity index (χ1n) is 5.66. The molecule has 0 aliphatic rings. The summed E-state index contributed by atoms with van der Waals surface area (Å²) in [4.78, 5) is 0.729. The Morgan fingerprint density at radius 2 is 2.17 bits per heavy atom. The van der Waals surface area contributed by atoms with Gasteiger partial charge in [-0.2, -0.15) is 4.31 Å². The lowest BCUT2D eigenvalue weighted by Crippen LogP contribution is -2.37. The summed E-state index contributed by atoms with van der Waals surface area (Å²) in [6, 6.07) is -0.154. The molecule has 0 saturated carbocycles. The van der Waals surface area contributed by atoms with E-state index in [0.29, 0.717) is 10.4 Å². The van der Waals surface area contributed by atoms with Gasteiger partial charge in [-0.3, -0.25) is 0 Å². The SMILES string of the molecule is C=CCN(C(C)C)S(=O)(=O)c1c(C)csc1CO. The van der Waals surface area contributed by atoms with E-state index >= 15 is 0 Å². The number of aliphatic hydroxyl groups is 1. The lowest BCUT2D eigenvalue weighted by atomic mass is 10.3. The molecular formula is C12H19NO3S2. The van der Waals surface area contributed by atoms with E-state index in [-0.39, 0.29) is 24.1 Å². The first-order valence-corrected chi connectivity index (χ1v) is 7.98. The van der Waals surface area contributed by atoms with E-state index in [1.54, 1.807) is 18.4 Å². The van der Waals surface area contributed by atoms with Crippen LogP contribution in [0.15, 0.2) is 22.9 Å². The number of aryl methyl sites for hydroxylation is 1. The number of hydrogen-bond donors (Lipinski definition) is 1. The van der Waals surface area contributed by atoms with E-state index in [1.165, 1.54) is 15.6 Å². The molecule has 1 aromatic heterocycles. The molecule has 1 aromatic rings. The molecule has 1 rings (SSSR count). The Labute approximate surface area is 113 Å². The van der Waals surface area contributed by atoms with Gasteiger partial charge in [-0.05, 0) is 31.7 Å². The average Bonchev–Trinajstić information content (AvgIpc) is 2.67. The quantitative estimate of drug-likeness (QED) is 0.816. The van der Waals surface area contributed by atoms with Crippen LogP contribution in [-0.4, -0.2) is 30.4 Å². The average molecular weight is 289 g/mol. The summed E-state index contributed by atoms with van der Waals surface area (Å²) in [6.07, 6.45) is 1.57. The molecule has 0 aromatic carbocycles. The van der Waals surface area contributed by atoms with Crippen molar-refractivity contribution in [1.29, 1.82) is 0 Å². The largest absolute Gasteiger partial charge is 0.391 e. The molecule has 4 nitrogen and oxygen atoms in total. The molecule has 1 N–H and O–H groups in total. The highest BCUT2D eigenvalue weighted by Crippen LogP contribution is 2.30. The monoisotopic (exact) mass is 289 g/mol. The molecule has 6 heteroatoms. The normalized spacial score (nSPS) is 12.3. The van der Waals surface area contributed by atoms with Crippen molar-refractivity contribution in [2.75, 3.05) is 6.54 Å². The van der Waals surface area contributed by atoms with Gasteiger partial charge in [0.25, 0.3) is 0 Å². The second kappa shape index (κ2) is 5.97. The third kappa shape index (κ3) is 2.83. The smallest absolute Gasteiger partial charge is 0.245 e. The van der Waals surface area contributed by atoms with E-state index in [4.69, 9.17) is 0 Å². The zero-order valence-corrected chi connectivity index (χ0v) is 12.5. The fourth-order valence-corrected chi connectivity index (χ4v) is 5.00. The second-order valence-electron chi connectivity index (χ2n) is 4.29. The van der Waals surface area contributed by atoms with Crippen molar-refractivity contribution in [2.45, 2.75) is 38.3 Å². The van der Waals surface area contributed by atoms with Gasteiger partial charge in [0.1, 0.15) is 4.90 Å². The first-order chi connectivity index (χ1) is 8.36. The van der Waals surface area contributed by atoms with Crippen molar-refractivity contribution in [3.05, 3.63) is 28.5 Å². The zero-order valence-electron chi connectivity index (χ0n) is 10.9. The van der Waals surface area contributed by atoms with Crippen LogP contribution in [0.4, 0.5) is 0 Å². The zero-order chi connectivity index (χ0) is 13.9. The van der Waals surface area contributed by atoms with Gasteiger partial charge in [0.05, 0.1) is 11.5 Å². The van der Waals surface area contributed by atoms with Crippen LogP contribution in [0.1, 0.15) is 24.3 Å². The number of nitrogens with zero attached hydrogens (tertiary/aromatic N) is 1. The number of sulfonamides is 1. The molecular weight excluding hydrogens is 270 g/mol. The Morgan fingerprint density at radius 3 is 2.61 bits per heavy atom. The Hall–Kier alpha value is -0.690. The molecule has 0 spiro atoms. The van der Waals surface area contributed by atoms with Gasteiger partial charge in [-0.25, -0.2) is 8.42 Å². The van der Waals surface area contributed by atoms with E-state index in [0.717, 1.165) is 0 Å². The van der Waals surface area contributed by atoms with Gasteiger partial charge in [0.2, 0.25) is 10.0 Å². The summed E-state index contributed by atoms with van der Waals surface area (Å²) in [5, 5.41) is 11.0. The van der Waals surface area contributed by atoms with Crippen molar-refractivity contribution in [1.82, 2.24) is 4.31 Å². The third-order valence-corrected chi connectivity index (χ3v) is 6.08. The van der Waals surface area contributed by atoms with Crippen LogP contribution in [0.25, 0.3) is 0 Å². The predicted molar refractivity (Wildman–Crippen MR) is 74.2 cm³/mol. The highest BCUT2D eigenvalue weighted by atomic mass is 32.2. The van der Waals surface area contributed by atoms with Crippen LogP contribution in [0.2, 0.25) is 0 Å². The molecule has 0 atom stereocenters. The molecule has 0 bridgehead atoms. The van der Waals surface area contributed by atoms with Crippen molar-refractivity contribution in [3.63, 3.8) is 0 Å². The number of rotatable bonds is 6. The van der Waals surface area contributed by atoms with Gasteiger partial charge >= 0.3 is 0 Å². The van der Waals surface area contributed by atoms with Crippen LogP contribution < -0.4 is 0 Å². The highest BCUT2D eigenvalue weighted by molar-refractivity contribution is 7.89. The lowest BCUT2D eigenvalue weighted by Gasteiger charge is -2.25. The maximum Gasteiger partial charge on any atom is 0.245 e. The topological polar surface area (TPSA) is 57.6 Å². The van der Waals surface area contributed by atoms with Crippen LogP contribution in [0.3, 0.4) is 0 Å². The summed E-state index contributed by atoms with van der Waals surface area (Å²) in [7, 11) is -3.58. The molecule has 0 radical (unpaired) electrons. The molecule has 0 unspecified atom stereocenters. The van der Waals surface area contributed by atoms with Crippen molar-refractivity contribution in [3.8, 4) is 0 Å². The van der Waals surface area contributed by atoms with E-state index in [9.17, 15) is 13.5 Å². The Balaban J connectivity index is 3.34. The summed E-state index contributed by atoms with van der Waals surface area (Å²) in [5.74, 6) is 0. The van der Waals surface area contributed by atoms with Crippen molar-refractivity contribution >= 4 is 21.4 Å². The molecule has 0 fully saturated rings. The summed E-state index contributed by atoms with van der Waals surface area (Å²) in [6.45, 7) is 8.98. The molecule has 0 aliphatic heterocycles. The fourth-order valence-electron chi connectivity index (χ4n) is 1.77. The number of hydrogen-bond acceptors (Lipinski definition) is 4. The van der Waals surface area contributed by atoms with Crippen LogP contribution in [0, 0.1) is 6.92 Å². The second-order valence-corrected chi connectivity index (χ2v) is 7.08.